The van der Waals surface area contributed by atoms with Gasteiger partial charge in [0.05, 0.1) is 5.69 Å². The zero-order valence-electron chi connectivity index (χ0n) is 11.5. The van der Waals surface area contributed by atoms with Crippen LogP contribution in [0.1, 0.15) is 12.8 Å². The predicted octanol–water partition coefficient (Wildman–Crippen LogP) is 1.65. The maximum Gasteiger partial charge on any atom is 0.242 e. The van der Waals surface area contributed by atoms with Gasteiger partial charge in [-0.15, -0.1) is 0 Å². The molecular weight excluding hydrogens is 342 g/mol. The summed E-state index contributed by atoms with van der Waals surface area (Å²) in [7, 11) is -1.48. The van der Waals surface area contributed by atoms with Crippen LogP contribution in [0.3, 0.4) is 0 Å². The SMILES string of the molecule is CN1CCCC(CNS(=O)(=O)c2ccc(Br)cc2N)C1. The normalized spacial score (nSPS) is 21.0. The number of piperidine rings is 1. The van der Waals surface area contributed by atoms with Gasteiger partial charge in [0.2, 0.25) is 10.0 Å². The van der Waals surface area contributed by atoms with Crippen LogP contribution in [0.2, 0.25) is 0 Å². The van der Waals surface area contributed by atoms with E-state index in [0.717, 1.165) is 30.4 Å². The number of halogens is 1. The molecule has 2 rings (SSSR count). The van der Waals surface area contributed by atoms with Crippen LogP contribution in [0.4, 0.5) is 5.69 Å². The quantitative estimate of drug-likeness (QED) is 0.799. The first-order chi connectivity index (χ1) is 9.38. The number of nitrogens with one attached hydrogen (secondary N) is 1. The van der Waals surface area contributed by atoms with Crippen LogP contribution in [0, 0.1) is 5.92 Å². The molecule has 1 heterocycles. The van der Waals surface area contributed by atoms with Crippen LogP contribution >= 0.6 is 15.9 Å². The number of anilines is 1. The Morgan fingerprint density at radius 2 is 2.25 bits per heavy atom. The second kappa shape index (κ2) is 6.43. The van der Waals surface area contributed by atoms with Crippen molar-refractivity contribution in [3.63, 3.8) is 0 Å². The first-order valence-electron chi connectivity index (χ1n) is 6.62. The Labute approximate surface area is 128 Å². The summed E-state index contributed by atoms with van der Waals surface area (Å²) in [5.41, 5.74) is 6.04. The molecule has 0 bridgehead atoms. The Bertz CT molecular complexity index is 577. The number of nitrogens with zero attached hydrogens (tertiary/aromatic N) is 1. The van der Waals surface area contributed by atoms with Crippen LogP contribution in [0.25, 0.3) is 0 Å². The van der Waals surface area contributed by atoms with E-state index in [-0.39, 0.29) is 10.6 Å². The minimum absolute atomic E-state index is 0.143. The fourth-order valence-electron chi connectivity index (χ4n) is 2.51. The van der Waals surface area contributed by atoms with Gasteiger partial charge in [0.25, 0.3) is 0 Å². The van der Waals surface area contributed by atoms with Crippen LogP contribution in [0.5, 0.6) is 0 Å². The monoisotopic (exact) mass is 361 g/mol. The lowest BCUT2D eigenvalue weighted by atomic mass is 9.99. The fourth-order valence-corrected chi connectivity index (χ4v) is 4.12. The summed E-state index contributed by atoms with van der Waals surface area (Å²) >= 11 is 3.27. The third-order valence-corrected chi connectivity index (χ3v) is 5.54. The molecule has 7 heteroatoms. The number of sulfonamides is 1. The minimum atomic E-state index is -3.54. The Balaban J connectivity index is 2.03. The van der Waals surface area contributed by atoms with Crippen molar-refractivity contribution >= 4 is 31.6 Å². The van der Waals surface area contributed by atoms with Crippen molar-refractivity contribution in [3.05, 3.63) is 22.7 Å². The smallest absolute Gasteiger partial charge is 0.242 e. The first kappa shape index (κ1) is 15.8. The van der Waals surface area contributed by atoms with E-state index in [1.54, 1.807) is 12.1 Å². The number of likely N-dealkylation sites (tertiary alicyclic amines) is 1. The number of nitrogens with two attached hydrogens (primary N) is 1. The van der Waals surface area contributed by atoms with E-state index in [1.165, 1.54) is 6.07 Å². The van der Waals surface area contributed by atoms with Gasteiger partial charge in [-0.05, 0) is 50.6 Å². The molecule has 5 nitrogen and oxygen atoms in total. The van der Waals surface area contributed by atoms with E-state index in [9.17, 15) is 8.42 Å². The van der Waals surface area contributed by atoms with Crippen molar-refractivity contribution in [2.45, 2.75) is 17.7 Å². The number of hydrogen-bond acceptors (Lipinski definition) is 4. The molecule has 1 unspecified atom stereocenters. The molecule has 1 fully saturated rings. The molecule has 0 amide bonds. The number of hydrogen-bond donors (Lipinski definition) is 2. The molecule has 1 atom stereocenters. The molecular formula is C13H20BrN3O2S. The average Bonchev–Trinajstić information content (AvgIpc) is 2.36. The summed E-state index contributed by atoms with van der Waals surface area (Å²) in [5.74, 6) is 0.361. The van der Waals surface area contributed by atoms with Crippen molar-refractivity contribution in [3.8, 4) is 0 Å². The number of rotatable bonds is 4. The molecule has 1 aromatic rings. The van der Waals surface area contributed by atoms with Crippen molar-refractivity contribution in [1.29, 1.82) is 0 Å². The van der Waals surface area contributed by atoms with E-state index >= 15 is 0 Å². The van der Waals surface area contributed by atoms with Gasteiger partial charge in [0.15, 0.2) is 0 Å². The van der Waals surface area contributed by atoms with Gasteiger partial charge in [-0.3, -0.25) is 0 Å². The lowest BCUT2D eigenvalue weighted by Crippen LogP contribution is -2.39. The highest BCUT2D eigenvalue weighted by molar-refractivity contribution is 9.10. The Hall–Kier alpha value is -0.630. The van der Waals surface area contributed by atoms with Crippen LogP contribution in [-0.4, -0.2) is 40.0 Å². The van der Waals surface area contributed by atoms with Gasteiger partial charge in [-0.1, -0.05) is 15.9 Å². The third kappa shape index (κ3) is 3.94. The van der Waals surface area contributed by atoms with E-state index in [1.807, 2.05) is 0 Å². The van der Waals surface area contributed by atoms with Crippen molar-refractivity contribution in [2.75, 3.05) is 32.4 Å². The van der Waals surface area contributed by atoms with E-state index < -0.39 is 10.0 Å². The molecule has 3 N–H and O–H groups in total. The Kier molecular flexibility index (Phi) is 5.06. The lowest BCUT2D eigenvalue weighted by molar-refractivity contribution is 0.211. The molecule has 1 saturated heterocycles. The Morgan fingerprint density at radius 1 is 1.50 bits per heavy atom. The van der Waals surface area contributed by atoms with Gasteiger partial charge >= 0.3 is 0 Å². The second-order valence-corrected chi connectivity index (χ2v) is 7.96. The van der Waals surface area contributed by atoms with Gasteiger partial charge < -0.3 is 10.6 Å². The molecule has 112 valence electrons. The highest BCUT2D eigenvalue weighted by Crippen LogP contribution is 2.23. The zero-order valence-corrected chi connectivity index (χ0v) is 13.9. The molecule has 0 aromatic heterocycles. The topological polar surface area (TPSA) is 75.4 Å². The fraction of sp³-hybridized carbons (Fsp3) is 0.538. The maximum absolute atomic E-state index is 12.3. The van der Waals surface area contributed by atoms with Gasteiger partial charge in [-0.25, -0.2) is 13.1 Å². The summed E-state index contributed by atoms with van der Waals surface area (Å²) in [6.07, 6.45) is 2.17. The molecule has 0 aliphatic carbocycles. The molecule has 20 heavy (non-hydrogen) atoms. The lowest BCUT2D eigenvalue weighted by Gasteiger charge is -2.29. The highest BCUT2D eigenvalue weighted by Gasteiger charge is 2.22. The molecule has 1 aliphatic heterocycles. The van der Waals surface area contributed by atoms with Crippen LogP contribution in [-0.2, 0) is 10.0 Å². The summed E-state index contributed by atoms with van der Waals surface area (Å²) in [5, 5.41) is 0. The molecule has 1 aromatic carbocycles. The van der Waals surface area contributed by atoms with E-state index in [4.69, 9.17) is 5.73 Å². The maximum atomic E-state index is 12.3. The van der Waals surface area contributed by atoms with E-state index in [0.29, 0.717) is 12.5 Å². The zero-order chi connectivity index (χ0) is 14.8. The van der Waals surface area contributed by atoms with E-state index in [2.05, 4.69) is 32.6 Å². The van der Waals surface area contributed by atoms with Gasteiger partial charge in [-0.2, -0.15) is 0 Å². The van der Waals surface area contributed by atoms with Crippen LogP contribution in [0.15, 0.2) is 27.6 Å². The van der Waals surface area contributed by atoms with Crippen molar-refractivity contribution < 1.29 is 8.42 Å². The highest BCUT2D eigenvalue weighted by atomic mass is 79.9. The largest absolute Gasteiger partial charge is 0.398 e. The average molecular weight is 362 g/mol. The first-order valence-corrected chi connectivity index (χ1v) is 8.89. The summed E-state index contributed by atoms with van der Waals surface area (Å²) < 4.78 is 28.0. The third-order valence-electron chi connectivity index (χ3n) is 3.55. The second-order valence-electron chi connectivity index (χ2n) is 5.30. The summed E-state index contributed by atoms with van der Waals surface area (Å²) in [4.78, 5) is 2.38. The number of nitrogen functional groups attached to an aromatic ring is 1. The van der Waals surface area contributed by atoms with Crippen molar-refractivity contribution in [2.24, 2.45) is 5.92 Å². The summed E-state index contributed by atoms with van der Waals surface area (Å²) in [6, 6.07) is 4.80. The van der Waals surface area contributed by atoms with Gasteiger partial charge in [0.1, 0.15) is 4.90 Å². The van der Waals surface area contributed by atoms with Crippen LogP contribution < -0.4 is 10.5 Å². The molecule has 0 radical (unpaired) electrons. The summed E-state index contributed by atoms with van der Waals surface area (Å²) in [6.45, 7) is 2.48. The molecule has 0 spiro atoms. The number of benzene rings is 1. The van der Waals surface area contributed by atoms with Gasteiger partial charge in [0, 0.05) is 17.6 Å². The Morgan fingerprint density at radius 3 is 2.90 bits per heavy atom. The molecule has 1 aliphatic rings. The van der Waals surface area contributed by atoms with Crippen molar-refractivity contribution in [1.82, 2.24) is 9.62 Å². The standard InChI is InChI=1S/C13H20BrN3O2S/c1-17-6-2-3-10(9-17)8-16-20(18,19)13-5-4-11(14)7-12(13)15/h4-5,7,10,16H,2-3,6,8-9,15H2,1H3. The predicted molar refractivity (Wildman–Crippen MR) is 84.0 cm³/mol. The molecule has 0 saturated carbocycles. The minimum Gasteiger partial charge on any atom is -0.398 e.